The zero-order valence-electron chi connectivity index (χ0n) is 15.6. The van der Waals surface area contributed by atoms with E-state index in [9.17, 15) is 9.50 Å². The summed E-state index contributed by atoms with van der Waals surface area (Å²) in [6, 6.07) is 10.6. The SMILES string of the molecule is Cc1cc(C)c2c(c1)C(Oc1ccc(C#N)cc1F)C(N1CCC(O)C1)C2. The highest BCUT2D eigenvalue weighted by Gasteiger charge is 2.41. The Labute approximate surface area is 158 Å². The van der Waals surface area contributed by atoms with Gasteiger partial charge in [-0.05, 0) is 61.6 Å². The van der Waals surface area contributed by atoms with E-state index in [0.717, 1.165) is 30.5 Å². The molecule has 1 fully saturated rings. The number of nitrogens with zero attached hydrogens (tertiary/aromatic N) is 2. The largest absolute Gasteiger partial charge is 0.481 e. The number of rotatable bonds is 3. The Morgan fingerprint density at radius 1 is 1.26 bits per heavy atom. The number of likely N-dealkylation sites (tertiary alicyclic amines) is 1. The minimum atomic E-state index is -0.521. The average molecular weight is 366 g/mol. The van der Waals surface area contributed by atoms with Crippen molar-refractivity contribution in [3.05, 3.63) is 64.0 Å². The first-order valence-electron chi connectivity index (χ1n) is 9.34. The molecule has 1 aliphatic carbocycles. The van der Waals surface area contributed by atoms with Crippen LogP contribution in [0.2, 0.25) is 0 Å². The number of hydrogen-bond acceptors (Lipinski definition) is 4. The van der Waals surface area contributed by atoms with Gasteiger partial charge in [-0.2, -0.15) is 5.26 Å². The first-order valence-corrected chi connectivity index (χ1v) is 9.34. The van der Waals surface area contributed by atoms with Gasteiger partial charge in [0.2, 0.25) is 0 Å². The van der Waals surface area contributed by atoms with Crippen LogP contribution in [-0.4, -0.2) is 35.2 Å². The summed E-state index contributed by atoms with van der Waals surface area (Å²) in [4.78, 5) is 2.26. The van der Waals surface area contributed by atoms with Crippen molar-refractivity contribution in [2.24, 2.45) is 0 Å². The Kier molecular flexibility index (Phi) is 4.63. The van der Waals surface area contributed by atoms with Gasteiger partial charge in [-0.25, -0.2) is 4.39 Å². The van der Waals surface area contributed by atoms with Crippen LogP contribution in [0.25, 0.3) is 0 Å². The number of halogens is 1. The molecule has 1 aliphatic heterocycles. The maximum atomic E-state index is 14.5. The summed E-state index contributed by atoms with van der Waals surface area (Å²) in [5.74, 6) is -0.358. The standard InChI is InChI=1S/C22H23FN2O2/c1-13-7-14(2)17-10-20(25-6-5-16(26)12-25)22(18(17)8-13)27-21-4-3-15(11-24)9-19(21)23/h3-4,7-9,16,20,22,26H,5-6,10,12H2,1-2H3. The number of hydrogen-bond donors (Lipinski definition) is 1. The molecule has 3 unspecified atom stereocenters. The van der Waals surface area contributed by atoms with Crippen molar-refractivity contribution in [3.63, 3.8) is 0 Å². The molecule has 5 heteroatoms. The number of aliphatic hydroxyl groups is 1. The summed E-state index contributed by atoms with van der Waals surface area (Å²) in [5.41, 5.74) is 5.01. The lowest BCUT2D eigenvalue weighted by Crippen LogP contribution is -2.39. The Morgan fingerprint density at radius 3 is 2.74 bits per heavy atom. The second-order valence-electron chi connectivity index (χ2n) is 7.65. The molecule has 0 bridgehead atoms. The van der Waals surface area contributed by atoms with E-state index in [1.54, 1.807) is 6.07 Å². The van der Waals surface area contributed by atoms with Gasteiger partial charge >= 0.3 is 0 Å². The van der Waals surface area contributed by atoms with Gasteiger partial charge < -0.3 is 9.84 Å². The van der Waals surface area contributed by atoms with Crippen LogP contribution in [0, 0.1) is 31.0 Å². The average Bonchev–Trinajstić information content (AvgIpc) is 3.21. The third-order valence-electron chi connectivity index (χ3n) is 5.70. The van der Waals surface area contributed by atoms with Crippen molar-refractivity contribution < 1.29 is 14.2 Å². The summed E-state index contributed by atoms with van der Waals surface area (Å²) in [5, 5.41) is 18.9. The third-order valence-corrected chi connectivity index (χ3v) is 5.70. The summed E-state index contributed by atoms with van der Waals surface area (Å²) in [7, 11) is 0. The molecule has 0 radical (unpaired) electrons. The predicted octanol–water partition coefficient (Wildman–Crippen LogP) is 3.43. The molecule has 1 N–H and O–H groups in total. The highest BCUT2D eigenvalue weighted by Crippen LogP contribution is 2.41. The summed E-state index contributed by atoms with van der Waals surface area (Å²) < 4.78 is 20.7. The van der Waals surface area contributed by atoms with E-state index >= 15 is 0 Å². The summed E-state index contributed by atoms with van der Waals surface area (Å²) in [6.45, 7) is 5.59. The highest BCUT2D eigenvalue weighted by atomic mass is 19.1. The first kappa shape index (κ1) is 18.0. The number of aryl methyl sites for hydroxylation is 2. The number of β-amino-alcohol motifs (C(OH)–C–C–N with tert-alkyl or cyclic N) is 1. The Balaban J connectivity index is 1.71. The number of ether oxygens (including phenoxy) is 1. The molecule has 4 nitrogen and oxygen atoms in total. The van der Waals surface area contributed by atoms with Crippen LogP contribution in [0.4, 0.5) is 4.39 Å². The van der Waals surface area contributed by atoms with Crippen LogP contribution >= 0.6 is 0 Å². The quantitative estimate of drug-likeness (QED) is 0.904. The molecule has 27 heavy (non-hydrogen) atoms. The normalized spacial score (nSPS) is 24.6. The van der Waals surface area contributed by atoms with Crippen LogP contribution in [0.5, 0.6) is 5.75 Å². The zero-order valence-corrected chi connectivity index (χ0v) is 15.6. The van der Waals surface area contributed by atoms with E-state index in [2.05, 4.69) is 30.9 Å². The van der Waals surface area contributed by atoms with Crippen molar-refractivity contribution in [1.29, 1.82) is 5.26 Å². The van der Waals surface area contributed by atoms with Gasteiger partial charge in [0.25, 0.3) is 0 Å². The van der Waals surface area contributed by atoms with Crippen molar-refractivity contribution in [3.8, 4) is 11.8 Å². The molecular weight excluding hydrogens is 343 g/mol. The predicted molar refractivity (Wildman–Crippen MR) is 100 cm³/mol. The molecule has 0 amide bonds. The number of fused-ring (bicyclic) bond motifs is 1. The van der Waals surface area contributed by atoms with Gasteiger partial charge in [0, 0.05) is 13.1 Å². The maximum Gasteiger partial charge on any atom is 0.166 e. The van der Waals surface area contributed by atoms with E-state index in [0.29, 0.717) is 6.54 Å². The van der Waals surface area contributed by atoms with E-state index in [4.69, 9.17) is 10.00 Å². The van der Waals surface area contributed by atoms with Gasteiger partial charge in [-0.3, -0.25) is 4.90 Å². The van der Waals surface area contributed by atoms with Crippen molar-refractivity contribution in [1.82, 2.24) is 4.90 Å². The molecule has 2 aromatic carbocycles. The smallest absolute Gasteiger partial charge is 0.166 e. The lowest BCUT2D eigenvalue weighted by atomic mass is 10.0. The second kappa shape index (κ2) is 6.95. The monoisotopic (exact) mass is 366 g/mol. The van der Waals surface area contributed by atoms with Crippen molar-refractivity contribution >= 4 is 0 Å². The molecule has 140 valence electrons. The Morgan fingerprint density at radius 2 is 2.07 bits per heavy atom. The Bertz CT molecular complexity index is 921. The molecule has 1 saturated heterocycles. The molecule has 3 atom stereocenters. The molecule has 4 rings (SSSR count). The second-order valence-corrected chi connectivity index (χ2v) is 7.65. The number of nitriles is 1. The van der Waals surface area contributed by atoms with Crippen LogP contribution in [0.3, 0.4) is 0 Å². The first-order chi connectivity index (χ1) is 13.0. The van der Waals surface area contributed by atoms with Crippen LogP contribution < -0.4 is 4.74 Å². The number of benzene rings is 2. The summed E-state index contributed by atoms with van der Waals surface area (Å²) in [6.07, 6.45) is 0.967. The number of aliphatic hydroxyl groups excluding tert-OH is 1. The lowest BCUT2D eigenvalue weighted by molar-refractivity contribution is 0.0790. The minimum Gasteiger partial charge on any atom is -0.481 e. The van der Waals surface area contributed by atoms with E-state index < -0.39 is 5.82 Å². The fourth-order valence-electron chi connectivity index (χ4n) is 4.42. The van der Waals surface area contributed by atoms with Crippen LogP contribution in [0.15, 0.2) is 30.3 Å². The zero-order chi connectivity index (χ0) is 19.1. The molecule has 0 saturated carbocycles. The van der Waals surface area contributed by atoms with Gasteiger partial charge in [0.05, 0.1) is 23.8 Å². The molecule has 0 spiro atoms. The van der Waals surface area contributed by atoms with E-state index in [1.807, 2.05) is 6.07 Å². The van der Waals surface area contributed by atoms with Crippen LogP contribution in [-0.2, 0) is 6.42 Å². The maximum absolute atomic E-state index is 14.5. The molecule has 0 aromatic heterocycles. The Hall–Kier alpha value is -2.42. The van der Waals surface area contributed by atoms with Gasteiger partial charge in [-0.15, -0.1) is 0 Å². The molecule has 1 heterocycles. The topological polar surface area (TPSA) is 56.5 Å². The molecule has 2 aromatic rings. The molecular formula is C22H23FN2O2. The van der Waals surface area contributed by atoms with Crippen molar-refractivity contribution in [2.75, 3.05) is 13.1 Å². The van der Waals surface area contributed by atoms with Gasteiger partial charge in [0.1, 0.15) is 6.10 Å². The highest BCUT2D eigenvalue weighted by molar-refractivity contribution is 5.46. The van der Waals surface area contributed by atoms with Gasteiger partial charge in [-0.1, -0.05) is 17.7 Å². The minimum absolute atomic E-state index is 0.0627. The third kappa shape index (κ3) is 3.31. The fraction of sp³-hybridized carbons (Fsp3) is 0.409. The molecule has 2 aliphatic rings. The van der Waals surface area contributed by atoms with Gasteiger partial charge in [0.15, 0.2) is 11.6 Å². The summed E-state index contributed by atoms with van der Waals surface area (Å²) >= 11 is 0. The fourth-order valence-corrected chi connectivity index (χ4v) is 4.42. The van der Waals surface area contributed by atoms with Crippen LogP contribution in [0.1, 0.15) is 40.3 Å². The van der Waals surface area contributed by atoms with Crippen molar-refractivity contribution in [2.45, 2.75) is 44.9 Å². The lowest BCUT2D eigenvalue weighted by Gasteiger charge is -2.30. The van der Waals surface area contributed by atoms with E-state index in [-0.39, 0.29) is 29.6 Å². The van der Waals surface area contributed by atoms with E-state index in [1.165, 1.54) is 23.3 Å².